The van der Waals surface area contributed by atoms with Crippen molar-refractivity contribution in [2.75, 3.05) is 7.05 Å². The summed E-state index contributed by atoms with van der Waals surface area (Å²) in [6.07, 6.45) is -4.51. The van der Waals surface area contributed by atoms with Crippen molar-refractivity contribution in [3.05, 3.63) is 28.6 Å². The van der Waals surface area contributed by atoms with E-state index in [9.17, 15) is 13.2 Å². The summed E-state index contributed by atoms with van der Waals surface area (Å²) >= 11 is 5.62. The van der Waals surface area contributed by atoms with E-state index in [-0.39, 0.29) is 28.6 Å². The zero-order valence-electron chi connectivity index (χ0n) is 8.73. The highest BCUT2D eigenvalue weighted by Gasteiger charge is 2.35. The van der Waals surface area contributed by atoms with Crippen LogP contribution in [0.15, 0.2) is 16.5 Å². The molecule has 0 amide bonds. The quantitative estimate of drug-likeness (QED) is 0.905. The summed E-state index contributed by atoms with van der Waals surface area (Å²) < 4.78 is 43.3. The molecule has 1 heterocycles. The van der Waals surface area contributed by atoms with Gasteiger partial charge in [-0.05, 0) is 19.2 Å². The Morgan fingerprint density at radius 2 is 2.12 bits per heavy atom. The first-order valence-electron chi connectivity index (χ1n) is 4.72. The fraction of sp³-hybridized carbons (Fsp3) is 0.300. The molecule has 0 spiro atoms. The van der Waals surface area contributed by atoms with E-state index >= 15 is 0 Å². The first-order valence-corrected chi connectivity index (χ1v) is 5.10. The fourth-order valence-corrected chi connectivity index (χ4v) is 1.69. The molecule has 92 valence electrons. The van der Waals surface area contributed by atoms with Crippen molar-refractivity contribution in [3.8, 4) is 0 Å². The van der Waals surface area contributed by atoms with Crippen LogP contribution in [-0.4, -0.2) is 12.0 Å². The van der Waals surface area contributed by atoms with Crippen molar-refractivity contribution in [1.29, 1.82) is 0 Å². The molecular formula is C10H8ClF3N2O. The van der Waals surface area contributed by atoms with E-state index in [0.717, 1.165) is 6.07 Å². The Kier molecular flexibility index (Phi) is 3.01. The summed E-state index contributed by atoms with van der Waals surface area (Å²) in [5, 5.41) is 2.73. The van der Waals surface area contributed by atoms with E-state index in [1.807, 2.05) is 0 Å². The van der Waals surface area contributed by atoms with Gasteiger partial charge in [0.25, 0.3) is 0 Å². The summed E-state index contributed by atoms with van der Waals surface area (Å²) in [6.45, 7) is 0.254. The third-order valence-corrected chi connectivity index (χ3v) is 2.35. The molecule has 0 bridgehead atoms. The van der Waals surface area contributed by atoms with Gasteiger partial charge in [-0.2, -0.15) is 13.2 Å². The molecule has 1 aromatic carbocycles. The van der Waals surface area contributed by atoms with Crippen LogP contribution in [0.2, 0.25) is 5.02 Å². The number of nitrogens with zero attached hydrogens (tertiary/aromatic N) is 1. The molecule has 0 unspecified atom stereocenters. The number of aromatic nitrogens is 1. The number of alkyl halides is 3. The van der Waals surface area contributed by atoms with Crippen LogP contribution < -0.4 is 5.32 Å². The highest BCUT2D eigenvalue weighted by Crippen LogP contribution is 2.37. The minimum absolute atomic E-state index is 0.0193. The third-order valence-electron chi connectivity index (χ3n) is 2.13. The molecule has 0 radical (unpaired) electrons. The lowest BCUT2D eigenvalue weighted by molar-refractivity contribution is -0.136. The molecule has 1 N–H and O–H groups in total. The zero-order chi connectivity index (χ0) is 12.6. The Morgan fingerprint density at radius 3 is 2.71 bits per heavy atom. The lowest BCUT2D eigenvalue weighted by Crippen LogP contribution is -2.05. The molecule has 0 aliphatic heterocycles. The van der Waals surface area contributed by atoms with Crippen LogP contribution >= 0.6 is 11.6 Å². The van der Waals surface area contributed by atoms with Crippen LogP contribution in [0.25, 0.3) is 11.1 Å². The van der Waals surface area contributed by atoms with Gasteiger partial charge in [0.05, 0.1) is 6.54 Å². The highest BCUT2D eigenvalue weighted by molar-refractivity contribution is 6.31. The monoisotopic (exact) mass is 264 g/mol. The number of hydrogen-bond donors (Lipinski definition) is 1. The van der Waals surface area contributed by atoms with Gasteiger partial charge in [0.2, 0.25) is 5.89 Å². The van der Waals surface area contributed by atoms with Gasteiger partial charge in [-0.1, -0.05) is 11.6 Å². The second-order valence-corrected chi connectivity index (χ2v) is 3.87. The number of hydrogen-bond acceptors (Lipinski definition) is 3. The fourth-order valence-electron chi connectivity index (χ4n) is 1.48. The van der Waals surface area contributed by atoms with Crippen LogP contribution in [0.5, 0.6) is 0 Å². The molecule has 0 aliphatic rings. The van der Waals surface area contributed by atoms with Gasteiger partial charge in [-0.25, -0.2) is 4.98 Å². The van der Waals surface area contributed by atoms with Crippen molar-refractivity contribution in [2.24, 2.45) is 0 Å². The molecular weight excluding hydrogens is 257 g/mol. The minimum atomic E-state index is -4.51. The maximum absolute atomic E-state index is 12.7. The van der Waals surface area contributed by atoms with Gasteiger partial charge in [0.15, 0.2) is 5.58 Å². The molecule has 0 fully saturated rings. The summed E-state index contributed by atoms with van der Waals surface area (Å²) in [6, 6.07) is 2.17. The summed E-state index contributed by atoms with van der Waals surface area (Å²) in [7, 11) is 1.65. The van der Waals surface area contributed by atoms with E-state index in [4.69, 9.17) is 16.0 Å². The molecule has 3 nitrogen and oxygen atoms in total. The minimum Gasteiger partial charge on any atom is -0.439 e. The average molecular weight is 265 g/mol. The Balaban J connectivity index is 2.66. The number of nitrogens with one attached hydrogen (secondary N) is 1. The predicted octanol–water partition coefficient (Wildman–Crippen LogP) is 3.22. The molecule has 0 saturated carbocycles. The second-order valence-electron chi connectivity index (χ2n) is 3.44. The molecule has 7 heteroatoms. The van der Waals surface area contributed by atoms with Gasteiger partial charge in [0.1, 0.15) is 11.1 Å². The Morgan fingerprint density at radius 1 is 1.41 bits per heavy atom. The zero-order valence-corrected chi connectivity index (χ0v) is 9.49. The topological polar surface area (TPSA) is 38.1 Å². The maximum atomic E-state index is 12.7. The van der Waals surface area contributed by atoms with Gasteiger partial charge in [0, 0.05) is 5.02 Å². The average Bonchev–Trinajstić information content (AvgIpc) is 2.57. The van der Waals surface area contributed by atoms with Gasteiger partial charge >= 0.3 is 6.18 Å². The van der Waals surface area contributed by atoms with Crippen molar-refractivity contribution < 1.29 is 17.6 Å². The van der Waals surface area contributed by atoms with Gasteiger partial charge < -0.3 is 9.73 Å². The van der Waals surface area contributed by atoms with Crippen LogP contribution in [-0.2, 0) is 12.7 Å². The number of oxazole rings is 1. The van der Waals surface area contributed by atoms with Crippen LogP contribution in [0.3, 0.4) is 0 Å². The molecule has 0 atom stereocenters. The SMILES string of the molecule is CNCc1nc2cc(Cl)cc(C(F)(F)F)c2o1. The molecule has 0 saturated heterocycles. The molecule has 17 heavy (non-hydrogen) atoms. The lowest BCUT2D eigenvalue weighted by Gasteiger charge is -2.06. The summed E-state index contributed by atoms with van der Waals surface area (Å²) in [5.41, 5.74) is -1.09. The molecule has 1 aromatic heterocycles. The largest absolute Gasteiger partial charge is 0.439 e. The first-order chi connectivity index (χ1) is 7.91. The lowest BCUT2D eigenvalue weighted by atomic mass is 10.2. The number of halogens is 4. The van der Waals surface area contributed by atoms with Crippen LogP contribution in [0.1, 0.15) is 11.5 Å². The smallest absolute Gasteiger partial charge is 0.420 e. The summed E-state index contributed by atoms with van der Waals surface area (Å²) in [5.74, 6) is 0.190. The van der Waals surface area contributed by atoms with E-state index in [1.54, 1.807) is 7.05 Å². The van der Waals surface area contributed by atoms with Crippen LogP contribution in [0.4, 0.5) is 13.2 Å². The van der Waals surface area contributed by atoms with E-state index in [1.165, 1.54) is 6.07 Å². The Labute approximate surface area is 99.6 Å². The van der Waals surface area contributed by atoms with Crippen molar-refractivity contribution in [3.63, 3.8) is 0 Å². The second kappa shape index (κ2) is 4.19. The number of rotatable bonds is 2. The third kappa shape index (κ3) is 2.37. The Hall–Kier alpha value is -1.27. The molecule has 0 aliphatic carbocycles. The molecule has 2 aromatic rings. The van der Waals surface area contributed by atoms with Crippen molar-refractivity contribution >= 4 is 22.7 Å². The maximum Gasteiger partial charge on any atom is 0.420 e. The normalized spacial score (nSPS) is 12.3. The molecule has 2 rings (SSSR count). The highest BCUT2D eigenvalue weighted by atomic mass is 35.5. The standard InChI is InChI=1S/C10H8ClF3N2O/c1-15-4-8-16-7-3-5(11)2-6(9(7)17-8)10(12,13)14/h2-3,15H,4H2,1H3. The van der Waals surface area contributed by atoms with E-state index in [2.05, 4.69) is 10.3 Å². The number of benzene rings is 1. The Bertz CT molecular complexity index is 550. The van der Waals surface area contributed by atoms with Crippen molar-refractivity contribution in [1.82, 2.24) is 10.3 Å². The van der Waals surface area contributed by atoms with Gasteiger partial charge in [-0.3, -0.25) is 0 Å². The first kappa shape index (κ1) is 12.2. The van der Waals surface area contributed by atoms with Crippen LogP contribution in [0, 0.1) is 0 Å². The number of fused-ring (bicyclic) bond motifs is 1. The van der Waals surface area contributed by atoms with Gasteiger partial charge in [-0.15, -0.1) is 0 Å². The predicted molar refractivity (Wildman–Crippen MR) is 56.8 cm³/mol. The van der Waals surface area contributed by atoms with E-state index < -0.39 is 11.7 Å². The summed E-state index contributed by atoms with van der Waals surface area (Å²) in [4.78, 5) is 3.92. The van der Waals surface area contributed by atoms with Crippen molar-refractivity contribution in [2.45, 2.75) is 12.7 Å². The van der Waals surface area contributed by atoms with E-state index in [0.29, 0.717) is 0 Å².